The highest BCUT2D eigenvalue weighted by Gasteiger charge is 2.41. The normalized spacial score (nSPS) is 17.8. The van der Waals surface area contributed by atoms with Crippen LogP contribution in [0, 0.1) is 0 Å². The number of nitrogens with one attached hydrogen (secondary N) is 1. The van der Waals surface area contributed by atoms with Crippen LogP contribution in [0.3, 0.4) is 0 Å². The van der Waals surface area contributed by atoms with E-state index < -0.39 is 5.54 Å². The number of halogens is 1. The van der Waals surface area contributed by atoms with Gasteiger partial charge in [-0.1, -0.05) is 17.7 Å². The first-order valence-corrected chi connectivity index (χ1v) is 7.98. The molecule has 1 aliphatic rings. The minimum Gasteiger partial charge on any atom is -0.464 e. The molecular weight excluding hydrogens is 282 g/mol. The summed E-state index contributed by atoms with van der Waals surface area (Å²) in [5.74, 6) is 1.77. The van der Waals surface area contributed by atoms with Crippen molar-refractivity contribution in [3.8, 4) is 0 Å². The zero-order valence-corrected chi connectivity index (χ0v) is 12.5. The maximum atomic E-state index is 12.3. The highest BCUT2D eigenvalue weighted by Crippen LogP contribution is 2.32. The molecule has 1 aromatic rings. The molecule has 0 bridgehead atoms. The first kappa shape index (κ1) is 14.5. The van der Waals surface area contributed by atoms with E-state index in [4.69, 9.17) is 16.3 Å². The minimum atomic E-state index is -0.605. The highest BCUT2D eigenvalue weighted by atomic mass is 35.5. The van der Waals surface area contributed by atoms with Gasteiger partial charge in [-0.2, -0.15) is 11.8 Å². The van der Waals surface area contributed by atoms with Crippen molar-refractivity contribution >= 4 is 35.0 Å². The molecular formula is C14H18ClNO2S. The van der Waals surface area contributed by atoms with Gasteiger partial charge in [-0.3, -0.25) is 0 Å². The number of thioether (sulfide) groups is 1. The van der Waals surface area contributed by atoms with Crippen LogP contribution in [0.15, 0.2) is 24.3 Å². The summed E-state index contributed by atoms with van der Waals surface area (Å²) in [4.78, 5) is 12.3. The summed E-state index contributed by atoms with van der Waals surface area (Å²) in [6.07, 6.45) is 1.56. The second kappa shape index (κ2) is 6.53. The largest absolute Gasteiger partial charge is 0.464 e. The lowest BCUT2D eigenvalue weighted by molar-refractivity contribution is -0.148. The van der Waals surface area contributed by atoms with Crippen LogP contribution >= 0.6 is 23.4 Å². The van der Waals surface area contributed by atoms with Crippen LogP contribution in [0.4, 0.5) is 5.69 Å². The molecule has 3 nitrogen and oxygen atoms in total. The molecule has 0 atom stereocenters. The molecule has 0 aliphatic carbocycles. The first-order chi connectivity index (χ1) is 9.16. The molecule has 0 radical (unpaired) electrons. The Morgan fingerprint density at radius 3 is 2.84 bits per heavy atom. The fourth-order valence-corrected chi connectivity index (χ4v) is 3.59. The zero-order chi connectivity index (χ0) is 13.7. The fraction of sp³-hybridized carbons (Fsp3) is 0.500. The van der Waals surface area contributed by atoms with E-state index in [2.05, 4.69) is 5.32 Å². The van der Waals surface area contributed by atoms with Gasteiger partial charge < -0.3 is 10.1 Å². The van der Waals surface area contributed by atoms with Gasteiger partial charge in [0.05, 0.1) is 6.61 Å². The molecule has 1 heterocycles. The Morgan fingerprint density at radius 1 is 1.47 bits per heavy atom. The Kier molecular flexibility index (Phi) is 4.99. The second-order valence-corrected chi connectivity index (χ2v) is 6.21. The molecule has 1 aromatic carbocycles. The molecule has 0 amide bonds. The van der Waals surface area contributed by atoms with Crippen LogP contribution in [-0.2, 0) is 9.53 Å². The van der Waals surface area contributed by atoms with Crippen molar-refractivity contribution in [2.45, 2.75) is 25.3 Å². The Hall–Kier alpha value is -0.870. The number of esters is 1. The maximum Gasteiger partial charge on any atom is 0.331 e. The molecule has 0 saturated carbocycles. The van der Waals surface area contributed by atoms with Gasteiger partial charge in [0.25, 0.3) is 0 Å². The summed E-state index contributed by atoms with van der Waals surface area (Å²) in [5, 5.41) is 4.01. The topological polar surface area (TPSA) is 38.3 Å². The van der Waals surface area contributed by atoms with Crippen molar-refractivity contribution in [3.05, 3.63) is 29.3 Å². The Balaban J connectivity index is 2.20. The molecule has 1 saturated heterocycles. The van der Waals surface area contributed by atoms with E-state index >= 15 is 0 Å². The number of hydrogen-bond donors (Lipinski definition) is 1. The number of hydrogen-bond acceptors (Lipinski definition) is 4. The van der Waals surface area contributed by atoms with Crippen molar-refractivity contribution in [3.63, 3.8) is 0 Å². The fourth-order valence-electron chi connectivity index (χ4n) is 2.21. The molecule has 1 N–H and O–H groups in total. The van der Waals surface area contributed by atoms with Gasteiger partial charge in [0.15, 0.2) is 0 Å². The van der Waals surface area contributed by atoms with Gasteiger partial charge in [-0.25, -0.2) is 4.79 Å². The molecule has 104 valence electrons. The third-order valence-corrected chi connectivity index (χ3v) is 4.44. The number of carbonyl (C=O) groups is 1. The van der Waals surface area contributed by atoms with Crippen LogP contribution in [0.25, 0.3) is 0 Å². The van der Waals surface area contributed by atoms with Crippen molar-refractivity contribution in [2.24, 2.45) is 0 Å². The second-order valence-electron chi connectivity index (χ2n) is 4.55. The molecule has 19 heavy (non-hydrogen) atoms. The van der Waals surface area contributed by atoms with Crippen LogP contribution in [-0.4, -0.2) is 29.6 Å². The highest BCUT2D eigenvalue weighted by molar-refractivity contribution is 7.99. The zero-order valence-electron chi connectivity index (χ0n) is 10.9. The van der Waals surface area contributed by atoms with Crippen LogP contribution < -0.4 is 5.32 Å². The lowest BCUT2D eigenvalue weighted by Crippen LogP contribution is -2.50. The van der Waals surface area contributed by atoms with Crippen LogP contribution in [0.2, 0.25) is 5.02 Å². The predicted molar refractivity (Wildman–Crippen MR) is 81.0 cm³/mol. The van der Waals surface area contributed by atoms with E-state index in [-0.39, 0.29) is 5.97 Å². The molecule has 1 aliphatic heterocycles. The average Bonchev–Trinajstić information content (AvgIpc) is 2.40. The summed E-state index contributed by atoms with van der Waals surface area (Å²) < 4.78 is 5.24. The van der Waals surface area contributed by atoms with Crippen molar-refractivity contribution in [1.29, 1.82) is 0 Å². The average molecular weight is 300 g/mol. The van der Waals surface area contributed by atoms with E-state index in [1.54, 1.807) is 0 Å². The molecule has 0 spiro atoms. The summed E-state index contributed by atoms with van der Waals surface area (Å²) in [5.41, 5.74) is 0.263. The number of ether oxygens (including phenoxy) is 1. The summed E-state index contributed by atoms with van der Waals surface area (Å²) in [6.45, 7) is 2.24. The third-order valence-electron chi connectivity index (χ3n) is 3.22. The lowest BCUT2D eigenvalue weighted by Gasteiger charge is -2.36. The Labute approximate surface area is 123 Å². The molecule has 0 unspecified atom stereocenters. The van der Waals surface area contributed by atoms with E-state index in [9.17, 15) is 4.79 Å². The third kappa shape index (κ3) is 3.57. The standard InChI is InChI=1S/C14H18ClNO2S/c1-2-18-13(17)14(6-8-19-9-7-14)16-12-5-3-4-11(15)10-12/h3-5,10,16H,2,6-9H2,1H3. The summed E-state index contributed by atoms with van der Waals surface area (Å²) in [7, 11) is 0. The smallest absolute Gasteiger partial charge is 0.331 e. The van der Waals surface area contributed by atoms with Crippen molar-refractivity contribution in [2.75, 3.05) is 23.4 Å². The van der Waals surface area contributed by atoms with Crippen LogP contribution in [0.5, 0.6) is 0 Å². The van der Waals surface area contributed by atoms with Crippen molar-refractivity contribution in [1.82, 2.24) is 0 Å². The number of carbonyl (C=O) groups excluding carboxylic acids is 1. The molecule has 1 fully saturated rings. The van der Waals surface area contributed by atoms with Gasteiger partial charge in [0, 0.05) is 10.7 Å². The summed E-state index contributed by atoms with van der Waals surface area (Å²) >= 11 is 7.86. The van der Waals surface area contributed by atoms with E-state index in [1.165, 1.54) is 0 Å². The minimum absolute atomic E-state index is 0.157. The quantitative estimate of drug-likeness (QED) is 0.863. The molecule has 5 heteroatoms. The Morgan fingerprint density at radius 2 is 2.21 bits per heavy atom. The molecule has 2 rings (SSSR count). The number of benzene rings is 1. The van der Waals surface area contributed by atoms with Gasteiger partial charge in [-0.05, 0) is 49.5 Å². The van der Waals surface area contributed by atoms with Gasteiger partial charge in [0.2, 0.25) is 0 Å². The maximum absolute atomic E-state index is 12.3. The number of rotatable bonds is 4. The van der Waals surface area contributed by atoms with E-state index in [1.807, 2.05) is 43.0 Å². The predicted octanol–water partition coefficient (Wildman–Crippen LogP) is 3.58. The van der Waals surface area contributed by atoms with Gasteiger partial charge in [0.1, 0.15) is 5.54 Å². The summed E-state index contributed by atoms with van der Waals surface area (Å²) in [6, 6.07) is 7.46. The number of anilines is 1. The van der Waals surface area contributed by atoms with Gasteiger partial charge >= 0.3 is 5.97 Å². The first-order valence-electron chi connectivity index (χ1n) is 6.45. The van der Waals surface area contributed by atoms with E-state index in [0.29, 0.717) is 11.6 Å². The van der Waals surface area contributed by atoms with Crippen LogP contribution in [0.1, 0.15) is 19.8 Å². The monoisotopic (exact) mass is 299 g/mol. The van der Waals surface area contributed by atoms with E-state index in [0.717, 1.165) is 30.0 Å². The SMILES string of the molecule is CCOC(=O)C1(Nc2cccc(Cl)c2)CCSCC1. The van der Waals surface area contributed by atoms with Crippen molar-refractivity contribution < 1.29 is 9.53 Å². The molecule has 0 aromatic heterocycles. The van der Waals surface area contributed by atoms with Gasteiger partial charge in [-0.15, -0.1) is 0 Å². The Bertz CT molecular complexity index is 447. The lowest BCUT2D eigenvalue weighted by atomic mass is 9.91.